The van der Waals surface area contributed by atoms with Gasteiger partial charge in [-0.15, -0.1) is 0 Å². The predicted molar refractivity (Wildman–Crippen MR) is 56.9 cm³/mol. The number of hydrogen-bond donors (Lipinski definition) is 1. The molecule has 0 radical (unpaired) electrons. The number of aliphatic hydroxyl groups excluding tert-OH is 1. The second kappa shape index (κ2) is 4.38. The van der Waals surface area contributed by atoms with Crippen LogP contribution in [-0.2, 0) is 4.74 Å². The first-order valence-corrected chi connectivity index (χ1v) is 5.62. The van der Waals surface area contributed by atoms with E-state index in [-0.39, 0.29) is 4.75 Å². The van der Waals surface area contributed by atoms with Crippen molar-refractivity contribution >= 4 is 11.8 Å². The maximum atomic E-state index is 9.70. The maximum absolute atomic E-state index is 9.70. The highest BCUT2D eigenvalue weighted by Gasteiger charge is 2.19. The number of ether oxygens (including phenoxy) is 1. The lowest BCUT2D eigenvalue weighted by molar-refractivity contribution is 0.133. The topological polar surface area (TPSA) is 29.5 Å². The zero-order valence-electron chi connectivity index (χ0n) is 8.54. The lowest BCUT2D eigenvalue weighted by Gasteiger charge is -2.20. The normalized spacial score (nSPS) is 19.5. The van der Waals surface area contributed by atoms with Gasteiger partial charge in [0, 0.05) is 16.9 Å². The molecule has 0 fully saturated rings. The lowest BCUT2D eigenvalue weighted by atomic mass is 10.3. The molecular formula is C10H18O2S. The summed E-state index contributed by atoms with van der Waals surface area (Å²) in [6.45, 7) is 7.17. The van der Waals surface area contributed by atoms with Crippen LogP contribution in [0.5, 0.6) is 0 Å². The molecule has 1 unspecified atom stereocenters. The van der Waals surface area contributed by atoms with Gasteiger partial charge in [0.15, 0.2) is 0 Å². The molecular weight excluding hydrogens is 184 g/mol. The first kappa shape index (κ1) is 10.9. The summed E-state index contributed by atoms with van der Waals surface area (Å²) in [5.41, 5.74) is 0. The molecule has 0 saturated carbocycles. The van der Waals surface area contributed by atoms with Crippen molar-refractivity contribution in [1.82, 2.24) is 0 Å². The Hall–Kier alpha value is -0.150. The lowest BCUT2D eigenvalue weighted by Crippen LogP contribution is -2.19. The van der Waals surface area contributed by atoms with Gasteiger partial charge >= 0.3 is 0 Å². The van der Waals surface area contributed by atoms with E-state index in [4.69, 9.17) is 4.74 Å². The van der Waals surface area contributed by atoms with E-state index in [0.29, 0.717) is 0 Å². The van der Waals surface area contributed by atoms with Crippen molar-refractivity contribution in [2.24, 2.45) is 0 Å². The minimum absolute atomic E-state index is 0.208. The van der Waals surface area contributed by atoms with Crippen LogP contribution in [0.3, 0.4) is 0 Å². The molecule has 1 atom stereocenters. The van der Waals surface area contributed by atoms with Crippen LogP contribution < -0.4 is 0 Å². The monoisotopic (exact) mass is 202 g/mol. The van der Waals surface area contributed by atoms with Crippen LogP contribution in [0.1, 0.15) is 27.2 Å². The van der Waals surface area contributed by atoms with Crippen molar-refractivity contribution in [3.63, 3.8) is 0 Å². The minimum Gasteiger partial charge on any atom is -0.495 e. The fourth-order valence-electron chi connectivity index (χ4n) is 1.08. The van der Waals surface area contributed by atoms with Crippen molar-refractivity contribution in [3.05, 3.63) is 11.8 Å². The van der Waals surface area contributed by atoms with E-state index >= 15 is 0 Å². The molecule has 0 aromatic heterocycles. The molecule has 1 rings (SSSR count). The molecule has 0 amide bonds. The molecule has 0 bridgehead atoms. The smallest absolute Gasteiger partial charge is 0.121 e. The van der Waals surface area contributed by atoms with Gasteiger partial charge in [-0.2, -0.15) is 11.8 Å². The average molecular weight is 202 g/mol. The van der Waals surface area contributed by atoms with Crippen LogP contribution >= 0.6 is 11.8 Å². The number of hydrogen-bond acceptors (Lipinski definition) is 3. The van der Waals surface area contributed by atoms with Crippen molar-refractivity contribution in [3.8, 4) is 0 Å². The van der Waals surface area contributed by atoms with Gasteiger partial charge in [0.2, 0.25) is 0 Å². The van der Waals surface area contributed by atoms with E-state index in [1.165, 1.54) is 0 Å². The molecule has 1 aliphatic heterocycles. The minimum atomic E-state index is -0.424. The van der Waals surface area contributed by atoms with E-state index in [9.17, 15) is 5.11 Å². The van der Waals surface area contributed by atoms with Crippen LogP contribution in [0.25, 0.3) is 0 Å². The third kappa shape index (κ3) is 4.05. The molecule has 2 nitrogen and oxygen atoms in total. The zero-order valence-corrected chi connectivity index (χ0v) is 9.36. The molecule has 0 aromatic rings. The van der Waals surface area contributed by atoms with E-state index < -0.39 is 6.10 Å². The van der Waals surface area contributed by atoms with E-state index in [1.807, 2.05) is 6.08 Å². The van der Waals surface area contributed by atoms with Crippen molar-refractivity contribution in [1.29, 1.82) is 0 Å². The Morgan fingerprint density at radius 3 is 2.77 bits per heavy atom. The van der Waals surface area contributed by atoms with Crippen LogP contribution in [0.4, 0.5) is 0 Å². The number of rotatable bonds is 3. The van der Waals surface area contributed by atoms with Crippen molar-refractivity contribution in [2.75, 3.05) is 12.4 Å². The third-order valence-electron chi connectivity index (χ3n) is 1.73. The van der Waals surface area contributed by atoms with Crippen molar-refractivity contribution < 1.29 is 9.84 Å². The van der Waals surface area contributed by atoms with Crippen molar-refractivity contribution in [2.45, 2.75) is 38.0 Å². The number of aliphatic hydroxyl groups is 1. The second-order valence-corrected chi connectivity index (χ2v) is 6.03. The highest BCUT2D eigenvalue weighted by atomic mass is 32.2. The predicted octanol–water partition coefficient (Wildman–Crippen LogP) is 2.18. The van der Waals surface area contributed by atoms with Crippen LogP contribution in [-0.4, -0.2) is 28.3 Å². The summed E-state index contributed by atoms with van der Waals surface area (Å²) in [5, 5.41) is 9.70. The molecule has 0 aliphatic carbocycles. The molecule has 0 spiro atoms. The Balaban J connectivity index is 2.29. The summed E-state index contributed by atoms with van der Waals surface area (Å²) in [7, 11) is 0. The van der Waals surface area contributed by atoms with Gasteiger partial charge in [-0.1, -0.05) is 20.8 Å². The van der Waals surface area contributed by atoms with E-state index in [2.05, 4.69) is 20.8 Å². The highest BCUT2D eigenvalue weighted by Crippen LogP contribution is 2.26. The van der Waals surface area contributed by atoms with E-state index in [1.54, 1.807) is 11.8 Å². The summed E-state index contributed by atoms with van der Waals surface area (Å²) < 4.78 is 5.49. The molecule has 3 heteroatoms. The maximum Gasteiger partial charge on any atom is 0.121 e. The second-order valence-electron chi connectivity index (χ2n) is 4.18. The van der Waals surface area contributed by atoms with Gasteiger partial charge in [-0.05, 0) is 6.08 Å². The molecule has 1 heterocycles. The standard InChI is InChI=1S/C10H18O2S/c1-10(2,3)13-7-8(11)9-5-4-6-12-9/h5,8,11H,4,6-7H2,1-3H3. The fraction of sp³-hybridized carbons (Fsp3) is 0.800. The summed E-state index contributed by atoms with van der Waals surface area (Å²) in [6.07, 6.45) is 2.49. The molecule has 0 aromatic carbocycles. The quantitative estimate of drug-likeness (QED) is 0.760. The molecule has 13 heavy (non-hydrogen) atoms. The van der Waals surface area contributed by atoms with E-state index in [0.717, 1.165) is 24.5 Å². The van der Waals surface area contributed by atoms with Crippen LogP contribution in [0.15, 0.2) is 11.8 Å². The molecule has 76 valence electrons. The van der Waals surface area contributed by atoms with Gasteiger partial charge in [-0.3, -0.25) is 0 Å². The third-order valence-corrected chi connectivity index (χ3v) is 3.08. The van der Waals surface area contributed by atoms with Crippen LogP contribution in [0.2, 0.25) is 0 Å². The SMILES string of the molecule is CC(C)(C)SCC(O)C1=CCCO1. The zero-order chi connectivity index (χ0) is 9.90. The summed E-state index contributed by atoms with van der Waals surface area (Å²) in [6, 6.07) is 0. The Labute approximate surface area is 84.4 Å². The van der Waals surface area contributed by atoms with Gasteiger partial charge in [0.25, 0.3) is 0 Å². The van der Waals surface area contributed by atoms with Gasteiger partial charge < -0.3 is 9.84 Å². The van der Waals surface area contributed by atoms with Gasteiger partial charge in [-0.25, -0.2) is 0 Å². The molecule has 1 N–H and O–H groups in total. The first-order chi connectivity index (χ1) is 5.99. The number of thioether (sulfide) groups is 1. The fourth-order valence-corrected chi connectivity index (χ4v) is 1.90. The largest absolute Gasteiger partial charge is 0.495 e. The Bertz CT molecular complexity index is 194. The first-order valence-electron chi connectivity index (χ1n) is 4.64. The highest BCUT2D eigenvalue weighted by molar-refractivity contribution is 8.00. The molecule has 0 saturated heterocycles. The Kier molecular flexibility index (Phi) is 3.68. The summed E-state index contributed by atoms with van der Waals surface area (Å²) >= 11 is 1.76. The van der Waals surface area contributed by atoms with Gasteiger partial charge in [0.05, 0.1) is 6.61 Å². The summed E-state index contributed by atoms with van der Waals surface area (Å²) in [5.74, 6) is 1.48. The average Bonchev–Trinajstić information content (AvgIpc) is 2.50. The van der Waals surface area contributed by atoms with Crippen LogP contribution in [0, 0.1) is 0 Å². The Morgan fingerprint density at radius 2 is 2.31 bits per heavy atom. The molecule has 1 aliphatic rings. The summed E-state index contributed by atoms with van der Waals surface area (Å²) in [4.78, 5) is 0. The Morgan fingerprint density at radius 1 is 1.62 bits per heavy atom. The van der Waals surface area contributed by atoms with Gasteiger partial charge in [0.1, 0.15) is 11.9 Å².